The Morgan fingerprint density at radius 3 is 2.78 bits per heavy atom. The molecule has 92 valence electrons. The Morgan fingerprint density at radius 1 is 1.22 bits per heavy atom. The summed E-state index contributed by atoms with van der Waals surface area (Å²) < 4.78 is 1.97. The molecule has 1 aliphatic heterocycles. The fourth-order valence-corrected chi connectivity index (χ4v) is 3.28. The number of rotatable bonds is 1. The largest absolute Gasteiger partial charge is 0.283 e. The lowest BCUT2D eigenvalue weighted by Gasteiger charge is -2.06. The molecule has 2 aromatic rings. The summed E-state index contributed by atoms with van der Waals surface area (Å²) in [5.74, 6) is 1.02. The monoisotopic (exact) mass is 257 g/mol. The van der Waals surface area contributed by atoms with E-state index in [0.717, 1.165) is 23.7 Å². The number of fused-ring (bicyclic) bond motifs is 1. The molecule has 3 rings (SSSR count). The second-order valence-electron chi connectivity index (χ2n) is 4.33. The van der Waals surface area contributed by atoms with Gasteiger partial charge in [0.05, 0.1) is 17.0 Å². The first kappa shape index (κ1) is 11.5. The SMILES string of the molecule is Cc1nn(C)c2c1C(c1ccccc1)=NCCS2. The lowest BCUT2D eigenvalue weighted by molar-refractivity contribution is 0.692. The molecule has 1 aliphatic rings. The second kappa shape index (κ2) is 4.61. The first-order chi connectivity index (χ1) is 8.77. The number of thioether (sulfide) groups is 1. The van der Waals surface area contributed by atoms with Gasteiger partial charge in [-0.2, -0.15) is 5.10 Å². The van der Waals surface area contributed by atoms with Crippen molar-refractivity contribution in [3.05, 3.63) is 47.2 Å². The minimum absolute atomic E-state index is 0.864. The summed E-state index contributed by atoms with van der Waals surface area (Å²) >= 11 is 1.84. The number of hydrogen-bond donors (Lipinski definition) is 0. The van der Waals surface area contributed by atoms with E-state index in [1.807, 2.05) is 29.6 Å². The van der Waals surface area contributed by atoms with E-state index in [2.05, 4.69) is 36.3 Å². The number of nitrogens with zero attached hydrogens (tertiary/aromatic N) is 3. The van der Waals surface area contributed by atoms with Crippen molar-refractivity contribution in [2.24, 2.45) is 12.0 Å². The van der Waals surface area contributed by atoms with Crippen LogP contribution in [-0.4, -0.2) is 27.8 Å². The van der Waals surface area contributed by atoms with Gasteiger partial charge in [-0.1, -0.05) is 30.3 Å². The van der Waals surface area contributed by atoms with Crippen LogP contribution in [0.2, 0.25) is 0 Å². The van der Waals surface area contributed by atoms with Crippen molar-refractivity contribution in [2.75, 3.05) is 12.3 Å². The fraction of sp³-hybridized carbons (Fsp3) is 0.286. The minimum atomic E-state index is 0.864. The Labute approximate surface area is 111 Å². The fourth-order valence-electron chi connectivity index (χ4n) is 2.29. The zero-order valence-corrected chi connectivity index (χ0v) is 11.4. The van der Waals surface area contributed by atoms with E-state index in [9.17, 15) is 0 Å². The molecule has 1 aromatic heterocycles. The van der Waals surface area contributed by atoms with E-state index in [4.69, 9.17) is 4.99 Å². The van der Waals surface area contributed by atoms with Gasteiger partial charge in [-0.15, -0.1) is 11.8 Å². The Hall–Kier alpha value is -1.55. The van der Waals surface area contributed by atoms with Crippen molar-refractivity contribution in [3.63, 3.8) is 0 Å². The average Bonchev–Trinajstić information content (AvgIpc) is 2.58. The average molecular weight is 257 g/mol. The number of benzene rings is 1. The van der Waals surface area contributed by atoms with Gasteiger partial charge in [-0.05, 0) is 6.92 Å². The Morgan fingerprint density at radius 2 is 2.00 bits per heavy atom. The van der Waals surface area contributed by atoms with Crippen molar-refractivity contribution in [1.82, 2.24) is 9.78 Å². The lowest BCUT2D eigenvalue weighted by Crippen LogP contribution is -2.05. The standard InChI is InChI=1S/C14H15N3S/c1-10-12-13(11-6-4-3-5-7-11)15-8-9-18-14(12)17(2)16-10/h3-7H,8-9H2,1-2H3. The van der Waals surface area contributed by atoms with E-state index >= 15 is 0 Å². The molecule has 0 atom stereocenters. The molecule has 0 spiro atoms. The van der Waals surface area contributed by atoms with Crippen molar-refractivity contribution in [1.29, 1.82) is 0 Å². The van der Waals surface area contributed by atoms with Crippen LogP contribution in [-0.2, 0) is 7.05 Å². The molecule has 0 saturated heterocycles. The van der Waals surface area contributed by atoms with Crippen molar-refractivity contribution in [2.45, 2.75) is 11.9 Å². The smallest absolute Gasteiger partial charge is 0.103 e. The molecular weight excluding hydrogens is 242 g/mol. The van der Waals surface area contributed by atoms with Crippen LogP contribution < -0.4 is 0 Å². The summed E-state index contributed by atoms with van der Waals surface area (Å²) in [6, 6.07) is 10.4. The van der Waals surface area contributed by atoms with Gasteiger partial charge in [0.25, 0.3) is 0 Å². The topological polar surface area (TPSA) is 30.2 Å². The van der Waals surface area contributed by atoms with Gasteiger partial charge in [0.1, 0.15) is 5.03 Å². The Kier molecular flexibility index (Phi) is 2.96. The summed E-state index contributed by atoms with van der Waals surface area (Å²) in [7, 11) is 2.01. The quantitative estimate of drug-likeness (QED) is 0.786. The molecule has 0 aliphatic carbocycles. The van der Waals surface area contributed by atoms with Gasteiger partial charge < -0.3 is 0 Å². The van der Waals surface area contributed by atoms with Crippen LogP contribution in [0, 0.1) is 6.92 Å². The van der Waals surface area contributed by atoms with Crippen LogP contribution in [0.1, 0.15) is 16.8 Å². The predicted molar refractivity (Wildman–Crippen MR) is 75.6 cm³/mol. The summed E-state index contributed by atoms with van der Waals surface area (Å²) in [5.41, 5.74) is 4.52. The molecule has 0 unspecified atom stereocenters. The Bertz CT molecular complexity index is 599. The molecule has 4 heteroatoms. The second-order valence-corrected chi connectivity index (χ2v) is 5.42. The molecule has 0 amide bonds. The zero-order chi connectivity index (χ0) is 12.5. The highest BCUT2D eigenvalue weighted by Gasteiger charge is 2.21. The predicted octanol–water partition coefficient (Wildman–Crippen LogP) is 2.67. The maximum Gasteiger partial charge on any atom is 0.103 e. The van der Waals surface area contributed by atoms with Gasteiger partial charge in [0.15, 0.2) is 0 Å². The van der Waals surface area contributed by atoms with Crippen LogP contribution in [0.5, 0.6) is 0 Å². The summed E-state index contributed by atoms with van der Waals surface area (Å²) in [5, 5.41) is 5.75. The summed E-state index contributed by atoms with van der Waals surface area (Å²) in [4.78, 5) is 4.75. The number of aryl methyl sites for hydroxylation is 2. The Balaban J connectivity index is 2.20. The number of aromatic nitrogens is 2. The van der Waals surface area contributed by atoms with Crippen LogP contribution in [0.3, 0.4) is 0 Å². The number of hydrogen-bond acceptors (Lipinski definition) is 3. The molecule has 0 bridgehead atoms. The number of aliphatic imine (C=N–C) groups is 1. The van der Waals surface area contributed by atoms with Crippen molar-refractivity contribution < 1.29 is 0 Å². The molecule has 0 radical (unpaired) electrons. The van der Waals surface area contributed by atoms with E-state index in [1.165, 1.54) is 16.2 Å². The van der Waals surface area contributed by atoms with Crippen molar-refractivity contribution in [3.8, 4) is 0 Å². The van der Waals surface area contributed by atoms with E-state index in [-0.39, 0.29) is 0 Å². The molecule has 3 nitrogen and oxygen atoms in total. The molecule has 2 heterocycles. The van der Waals surface area contributed by atoms with Crippen LogP contribution in [0.25, 0.3) is 0 Å². The highest BCUT2D eigenvalue weighted by molar-refractivity contribution is 7.99. The highest BCUT2D eigenvalue weighted by Crippen LogP contribution is 2.29. The van der Waals surface area contributed by atoms with Gasteiger partial charge in [0, 0.05) is 24.9 Å². The zero-order valence-electron chi connectivity index (χ0n) is 10.6. The van der Waals surface area contributed by atoms with Gasteiger partial charge in [0.2, 0.25) is 0 Å². The third kappa shape index (κ3) is 1.86. The van der Waals surface area contributed by atoms with Gasteiger partial charge in [-0.3, -0.25) is 9.67 Å². The molecule has 18 heavy (non-hydrogen) atoms. The summed E-state index contributed by atoms with van der Waals surface area (Å²) in [6.45, 7) is 2.92. The first-order valence-corrected chi connectivity index (χ1v) is 7.02. The third-order valence-corrected chi connectivity index (χ3v) is 4.18. The summed E-state index contributed by atoms with van der Waals surface area (Å²) in [6.07, 6.45) is 0. The third-order valence-electron chi connectivity index (χ3n) is 3.05. The maximum absolute atomic E-state index is 4.75. The van der Waals surface area contributed by atoms with Crippen LogP contribution in [0.4, 0.5) is 0 Å². The molecular formula is C14H15N3S. The first-order valence-electron chi connectivity index (χ1n) is 6.04. The van der Waals surface area contributed by atoms with E-state index in [0.29, 0.717) is 0 Å². The van der Waals surface area contributed by atoms with Gasteiger partial charge in [-0.25, -0.2) is 0 Å². The van der Waals surface area contributed by atoms with Gasteiger partial charge >= 0.3 is 0 Å². The van der Waals surface area contributed by atoms with E-state index < -0.39 is 0 Å². The van der Waals surface area contributed by atoms with Crippen LogP contribution >= 0.6 is 11.8 Å². The molecule has 0 fully saturated rings. The highest BCUT2D eigenvalue weighted by atomic mass is 32.2. The van der Waals surface area contributed by atoms with E-state index in [1.54, 1.807) is 0 Å². The normalized spacial score (nSPS) is 14.9. The maximum atomic E-state index is 4.75. The minimum Gasteiger partial charge on any atom is -0.283 e. The van der Waals surface area contributed by atoms with Crippen molar-refractivity contribution >= 4 is 17.5 Å². The van der Waals surface area contributed by atoms with Crippen LogP contribution in [0.15, 0.2) is 40.4 Å². The lowest BCUT2D eigenvalue weighted by atomic mass is 10.0. The molecule has 0 saturated carbocycles. The molecule has 0 N–H and O–H groups in total. The molecule has 1 aromatic carbocycles.